The van der Waals surface area contributed by atoms with Crippen molar-refractivity contribution in [2.75, 3.05) is 18.5 Å². The highest BCUT2D eigenvalue weighted by atomic mass is 35.5. The smallest absolute Gasteiger partial charge is 0.329 e. The van der Waals surface area contributed by atoms with Crippen molar-refractivity contribution in [3.63, 3.8) is 0 Å². The van der Waals surface area contributed by atoms with Crippen LogP contribution < -0.4 is 14.8 Å². The number of carboxylic acids is 1. The molecule has 2 aromatic carbocycles. The van der Waals surface area contributed by atoms with Gasteiger partial charge in [-0.25, -0.2) is 4.79 Å². The molecule has 1 spiro atoms. The number of hydrogen-bond acceptors (Lipinski definition) is 5. The van der Waals surface area contributed by atoms with Crippen LogP contribution in [0.3, 0.4) is 0 Å². The van der Waals surface area contributed by atoms with Gasteiger partial charge in [0.25, 0.3) is 0 Å². The van der Waals surface area contributed by atoms with Crippen molar-refractivity contribution in [1.29, 1.82) is 0 Å². The fourth-order valence-corrected chi connectivity index (χ4v) is 8.62. The molecule has 3 aliphatic rings. The van der Waals surface area contributed by atoms with E-state index in [-0.39, 0.29) is 5.41 Å². The zero-order valence-electron chi connectivity index (χ0n) is 27.8. The topological polar surface area (TPSA) is 80.7 Å². The Morgan fingerprint density at radius 1 is 1.07 bits per heavy atom. The summed E-state index contributed by atoms with van der Waals surface area (Å²) in [6.07, 6.45) is 9.96. The van der Waals surface area contributed by atoms with Gasteiger partial charge in [-0.1, -0.05) is 51.4 Å². The summed E-state index contributed by atoms with van der Waals surface area (Å²) in [6.45, 7) is 10.2. The van der Waals surface area contributed by atoms with Gasteiger partial charge in [-0.2, -0.15) is 0 Å². The molecule has 1 aromatic heterocycles. The Balaban J connectivity index is 1.24. The molecule has 1 saturated carbocycles. The van der Waals surface area contributed by atoms with Gasteiger partial charge in [-0.3, -0.25) is 4.98 Å². The monoisotopic (exact) mass is 644 g/mol. The van der Waals surface area contributed by atoms with E-state index in [2.05, 4.69) is 56.2 Å². The van der Waals surface area contributed by atoms with Crippen molar-refractivity contribution >= 4 is 23.3 Å². The first-order valence-corrected chi connectivity index (χ1v) is 17.6. The lowest BCUT2D eigenvalue weighted by atomic mass is 9.59. The van der Waals surface area contributed by atoms with Gasteiger partial charge in [0, 0.05) is 28.2 Å². The van der Waals surface area contributed by atoms with E-state index in [4.69, 9.17) is 21.1 Å². The number of aromatic nitrogens is 1. The van der Waals surface area contributed by atoms with Crippen molar-refractivity contribution in [2.45, 2.75) is 102 Å². The number of nitrogens with zero attached hydrogens (tertiary/aromatic N) is 1. The fraction of sp³-hybridized carbons (Fsp3) is 0.538. The number of ether oxygens (including phenoxy) is 2. The van der Waals surface area contributed by atoms with Crippen LogP contribution in [-0.4, -0.2) is 34.8 Å². The largest absolute Gasteiger partial charge is 0.493 e. The summed E-state index contributed by atoms with van der Waals surface area (Å²) in [5.74, 6) is 2.75. The molecule has 1 fully saturated rings. The minimum Gasteiger partial charge on any atom is -0.493 e. The predicted octanol–water partition coefficient (Wildman–Crippen LogP) is 9.23. The van der Waals surface area contributed by atoms with Crippen LogP contribution in [0.1, 0.15) is 101 Å². The summed E-state index contributed by atoms with van der Waals surface area (Å²) in [7, 11) is 0. The number of benzene rings is 2. The Morgan fingerprint density at radius 3 is 2.61 bits per heavy atom. The number of hydrogen-bond donors (Lipinski definition) is 2. The van der Waals surface area contributed by atoms with E-state index in [1.54, 1.807) is 0 Å². The molecule has 6 rings (SSSR count). The lowest BCUT2D eigenvalue weighted by molar-refractivity contribution is -0.144. The lowest BCUT2D eigenvalue weighted by Gasteiger charge is -2.47. The lowest BCUT2D eigenvalue weighted by Crippen LogP contribution is -2.53. The SMILES string of the molecule is CC(C)COc1ccc2c(c1)C1(CCC(Nc3cccc(Cl)c3)(C(=O)O)CC1)C(C[C@@H](C)COc1ccnc3c1[C@H](C)CCC3)C2. The molecule has 246 valence electrons. The summed E-state index contributed by atoms with van der Waals surface area (Å²) in [5.41, 5.74) is 4.81. The fourth-order valence-electron chi connectivity index (χ4n) is 8.43. The van der Waals surface area contributed by atoms with Crippen molar-refractivity contribution in [1.82, 2.24) is 4.98 Å². The molecule has 3 atom stereocenters. The molecule has 0 amide bonds. The van der Waals surface area contributed by atoms with Crippen LogP contribution in [0.15, 0.2) is 54.7 Å². The molecule has 1 heterocycles. The zero-order chi connectivity index (χ0) is 32.5. The Labute approximate surface area is 279 Å². The normalized spacial score (nSPS) is 26.0. The number of nitrogens with one attached hydrogen (secondary N) is 1. The Bertz CT molecular complexity index is 1550. The standard InChI is InChI=1S/C39H49ClN2O4/c1-25(2)23-45-32-12-11-28-20-29(19-26(3)24-46-35-13-18-41-34-10-5-7-27(4)36(34)35)38(33(28)22-32)14-16-39(17-15-38,37(43)44)42-31-9-6-8-30(40)21-31/h6,8-9,11-13,18,21-22,25-27,29,42H,5,7,10,14-17,19-20,23-24H2,1-4H3,(H,43,44)/t26-,27-,29?,38?,39?/m1/s1. The van der Waals surface area contributed by atoms with Crippen LogP contribution in [0.2, 0.25) is 5.02 Å². The van der Waals surface area contributed by atoms with Crippen LogP contribution in [0.5, 0.6) is 11.5 Å². The molecule has 0 bridgehead atoms. The highest BCUT2D eigenvalue weighted by molar-refractivity contribution is 6.30. The molecule has 7 heteroatoms. The highest BCUT2D eigenvalue weighted by Gasteiger charge is 2.54. The van der Waals surface area contributed by atoms with Crippen molar-refractivity contribution in [3.05, 3.63) is 82.1 Å². The van der Waals surface area contributed by atoms with E-state index < -0.39 is 11.5 Å². The highest BCUT2D eigenvalue weighted by Crippen LogP contribution is 2.56. The third kappa shape index (κ3) is 6.60. The van der Waals surface area contributed by atoms with E-state index in [9.17, 15) is 9.90 Å². The van der Waals surface area contributed by atoms with Crippen LogP contribution in [0.25, 0.3) is 0 Å². The second-order valence-electron chi connectivity index (χ2n) is 14.7. The van der Waals surface area contributed by atoms with E-state index in [0.717, 1.165) is 49.3 Å². The molecule has 6 nitrogen and oxygen atoms in total. The number of aryl methyl sites for hydroxylation is 1. The summed E-state index contributed by atoms with van der Waals surface area (Å²) in [5, 5.41) is 14.6. The number of carbonyl (C=O) groups is 1. The first kappa shape index (κ1) is 32.7. The van der Waals surface area contributed by atoms with Crippen LogP contribution >= 0.6 is 11.6 Å². The zero-order valence-corrected chi connectivity index (χ0v) is 28.5. The van der Waals surface area contributed by atoms with Crippen LogP contribution in [0.4, 0.5) is 5.69 Å². The van der Waals surface area contributed by atoms with E-state index in [1.807, 2.05) is 36.5 Å². The molecule has 1 unspecified atom stereocenters. The Kier molecular flexibility index (Phi) is 9.57. The summed E-state index contributed by atoms with van der Waals surface area (Å²) in [4.78, 5) is 17.5. The third-order valence-electron chi connectivity index (χ3n) is 10.8. The average Bonchev–Trinajstić information content (AvgIpc) is 3.31. The first-order chi connectivity index (χ1) is 22.1. The first-order valence-electron chi connectivity index (χ1n) is 17.2. The summed E-state index contributed by atoms with van der Waals surface area (Å²) >= 11 is 6.26. The molecule has 3 aliphatic carbocycles. The summed E-state index contributed by atoms with van der Waals surface area (Å²) in [6, 6.07) is 16.0. The van der Waals surface area contributed by atoms with Gasteiger partial charge in [-0.15, -0.1) is 0 Å². The van der Waals surface area contributed by atoms with Gasteiger partial charge in [0.1, 0.15) is 17.0 Å². The van der Waals surface area contributed by atoms with Crippen LogP contribution in [0, 0.1) is 17.8 Å². The number of halogens is 1. The van der Waals surface area contributed by atoms with Crippen molar-refractivity contribution in [3.8, 4) is 11.5 Å². The predicted molar refractivity (Wildman–Crippen MR) is 184 cm³/mol. The van der Waals surface area contributed by atoms with Gasteiger partial charge in [0.05, 0.1) is 13.2 Å². The molecule has 0 aliphatic heterocycles. The van der Waals surface area contributed by atoms with Crippen molar-refractivity contribution < 1.29 is 19.4 Å². The van der Waals surface area contributed by atoms with Gasteiger partial charge in [0.2, 0.25) is 0 Å². The molecule has 3 aromatic rings. The number of fused-ring (bicyclic) bond motifs is 3. The molecular formula is C39H49ClN2O4. The van der Waals surface area contributed by atoms with Crippen LogP contribution in [-0.2, 0) is 23.1 Å². The number of carboxylic acid groups (broad SMARTS) is 1. The van der Waals surface area contributed by atoms with E-state index in [0.29, 0.717) is 54.7 Å². The summed E-state index contributed by atoms with van der Waals surface area (Å²) < 4.78 is 12.8. The van der Waals surface area contributed by atoms with Gasteiger partial charge in [-0.05, 0) is 134 Å². The second-order valence-corrected chi connectivity index (χ2v) is 15.2. The second kappa shape index (κ2) is 13.5. The van der Waals surface area contributed by atoms with Gasteiger partial charge >= 0.3 is 5.97 Å². The van der Waals surface area contributed by atoms with Gasteiger partial charge < -0.3 is 19.9 Å². The number of anilines is 1. The molecule has 46 heavy (non-hydrogen) atoms. The minimum absolute atomic E-state index is 0.111. The third-order valence-corrected chi connectivity index (χ3v) is 11.1. The maximum atomic E-state index is 12.9. The Hall–Kier alpha value is -3.25. The minimum atomic E-state index is -1.04. The number of pyridine rings is 1. The molecule has 0 radical (unpaired) electrons. The quantitative estimate of drug-likeness (QED) is 0.217. The maximum Gasteiger partial charge on any atom is 0.329 e. The average molecular weight is 645 g/mol. The number of rotatable bonds is 11. The molecule has 2 N–H and O–H groups in total. The van der Waals surface area contributed by atoms with Gasteiger partial charge in [0.15, 0.2) is 0 Å². The number of aliphatic carboxylic acids is 1. The van der Waals surface area contributed by atoms with E-state index in [1.165, 1.54) is 35.2 Å². The maximum absolute atomic E-state index is 12.9. The molecule has 0 saturated heterocycles. The van der Waals surface area contributed by atoms with Crippen molar-refractivity contribution in [2.24, 2.45) is 17.8 Å². The van der Waals surface area contributed by atoms with E-state index >= 15 is 0 Å². The molecular weight excluding hydrogens is 596 g/mol. The Morgan fingerprint density at radius 2 is 1.87 bits per heavy atom.